The van der Waals surface area contributed by atoms with Gasteiger partial charge in [0.2, 0.25) is 5.91 Å². The molecule has 3 N–H and O–H groups in total. The summed E-state index contributed by atoms with van der Waals surface area (Å²) in [6.45, 7) is 5.98. The minimum absolute atomic E-state index is 0.104. The Bertz CT molecular complexity index is 1660. The highest BCUT2D eigenvalue weighted by Crippen LogP contribution is 2.37. The largest absolute Gasteiger partial charge is 0.382 e. The van der Waals surface area contributed by atoms with Crippen LogP contribution in [0.1, 0.15) is 20.8 Å². The molecule has 4 heterocycles. The number of carbonyl (C=O) groups is 2. The number of nitrogens with two attached hydrogens (primary N) is 1. The first-order chi connectivity index (χ1) is 17.8. The number of para-hydroxylation sites is 1. The van der Waals surface area contributed by atoms with Crippen LogP contribution in [0, 0.1) is 0 Å². The molecule has 1 aliphatic heterocycles. The number of rotatable bonds is 3. The van der Waals surface area contributed by atoms with Crippen molar-refractivity contribution in [3.8, 4) is 22.5 Å². The van der Waals surface area contributed by atoms with E-state index in [9.17, 15) is 9.59 Å². The SMILES string of the molecule is CC(=O)N1CCN(c2cccc(-c3cc(-c4cc5ccccc5[nH]4)c4c(N)ncnn34)c2)C(=O)C1(C)C. The average Bonchev–Trinajstić information content (AvgIpc) is 3.48. The molecule has 0 unspecified atom stereocenters. The quantitative estimate of drug-likeness (QED) is 0.393. The second-order valence-electron chi connectivity index (χ2n) is 9.86. The first kappa shape index (κ1) is 22.8. The smallest absolute Gasteiger partial charge is 0.252 e. The van der Waals surface area contributed by atoms with Crippen molar-refractivity contribution < 1.29 is 9.59 Å². The zero-order valence-corrected chi connectivity index (χ0v) is 20.9. The number of carbonyl (C=O) groups excluding carboxylic acids is 2. The summed E-state index contributed by atoms with van der Waals surface area (Å²) in [5.74, 6) is 0.160. The van der Waals surface area contributed by atoms with Gasteiger partial charge in [-0.05, 0) is 44.2 Å². The van der Waals surface area contributed by atoms with E-state index >= 15 is 0 Å². The number of nitrogen functional groups attached to an aromatic ring is 1. The number of nitrogens with zero attached hydrogens (tertiary/aromatic N) is 5. The summed E-state index contributed by atoms with van der Waals surface area (Å²) in [5.41, 5.74) is 11.4. The van der Waals surface area contributed by atoms with E-state index in [1.54, 1.807) is 28.2 Å². The van der Waals surface area contributed by atoms with E-state index in [4.69, 9.17) is 5.73 Å². The third-order valence-electron chi connectivity index (χ3n) is 7.23. The molecule has 2 amide bonds. The number of hydrogen-bond donors (Lipinski definition) is 2. The minimum atomic E-state index is -0.924. The number of aromatic amines is 1. The Kier molecular flexibility index (Phi) is 5.04. The molecule has 0 bridgehead atoms. The average molecular weight is 494 g/mol. The summed E-state index contributed by atoms with van der Waals surface area (Å²) in [5, 5.41) is 5.61. The summed E-state index contributed by atoms with van der Waals surface area (Å²) < 4.78 is 1.79. The lowest BCUT2D eigenvalue weighted by atomic mass is 9.96. The number of fused-ring (bicyclic) bond motifs is 2. The maximum Gasteiger partial charge on any atom is 0.252 e. The van der Waals surface area contributed by atoms with E-state index in [2.05, 4.69) is 27.2 Å². The predicted molar refractivity (Wildman–Crippen MR) is 144 cm³/mol. The van der Waals surface area contributed by atoms with Crippen LogP contribution < -0.4 is 10.6 Å². The van der Waals surface area contributed by atoms with Crippen LogP contribution in [-0.4, -0.2) is 54.9 Å². The summed E-state index contributed by atoms with van der Waals surface area (Å²) in [6.07, 6.45) is 1.44. The second kappa shape index (κ2) is 8.19. The van der Waals surface area contributed by atoms with Gasteiger partial charge in [0.05, 0.1) is 5.69 Å². The van der Waals surface area contributed by atoms with E-state index in [1.165, 1.54) is 13.3 Å². The molecule has 37 heavy (non-hydrogen) atoms. The maximum atomic E-state index is 13.4. The van der Waals surface area contributed by atoms with Crippen LogP contribution in [0.15, 0.2) is 67.0 Å². The molecule has 3 aromatic heterocycles. The third-order valence-corrected chi connectivity index (χ3v) is 7.23. The lowest BCUT2D eigenvalue weighted by Gasteiger charge is -2.45. The van der Waals surface area contributed by atoms with Gasteiger partial charge in [-0.3, -0.25) is 9.59 Å². The van der Waals surface area contributed by atoms with E-state index < -0.39 is 5.54 Å². The molecule has 0 atom stereocenters. The van der Waals surface area contributed by atoms with Crippen molar-refractivity contribution in [3.05, 3.63) is 67.0 Å². The van der Waals surface area contributed by atoms with Gasteiger partial charge in [-0.2, -0.15) is 5.10 Å². The summed E-state index contributed by atoms with van der Waals surface area (Å²) >= 11 is 0. The Balaban J connectivity index is 1.46. The Morgan fingerprint density at radius 3 is 2.65 bits per heavy atom. The number of anilines is 2. The highest BCUT2D eigenvalue weighted by atomic mass is 16.2. The first-order valence-corrected chi connectivity index (χ1v) is 12.2. The predicted octanol–water partition coefficient (Wildman–Crippen LogP) is 4.10. The van der Waals surface area contributed by atoms with Gasteiger partial charge >= 0.3 is 0 Å². The fourth-order valence-corrected chi connectivity index (χ4v) is 5.35. The molecule has 1 saturated heterocycles. The third kappa shape index (κ3) is 3.54. The fraction of sp³-hybridized carbons (Fsp3) is 0.214. The lowest BCUT2D eigenvalue weighted by molar-refractivity contribution is -0.145. The summed E-state index contributed by atoms with van der Waals surface area (Å²) in [6, 6.07) is 20.0. The molecule has 1 fully saturated rings. The van der Waals surface area contributed by atoms with Crippen LogP contribution >= 0.6 is 0 Å². The number of H-pyrrole nitrogens is 1. The molecular weight excluding hydrogens is 466 g/mol. The van der Waals surface area contributed by atoms with E-state index in [-0.39, 0.29) is 11.8 Å². The summed E-state index contributed by atoms with van der Waals surface area (Å²) in [4.78, 5) is 36.6. The van der Waals surface area contributed by atoms with Crippen LogP contribution in [0.2, 0.25) is 0 Å². The molecule has 0 saturated carbocycles. The number of amides is 2. The van der Waals surface area contributed by atoms with Gasteiger partial charge in [0, 0.05) is 53.4 Å². The van der Waals surface area contributed by atoms with Crippen molar-refractivity contribution in [2.24, 2.45) is 0 Å². The van der Waals surface area contributed by atoms with Crippen molar-refractivity contribution in [2.45, 2.75) is 26.3 Å². The second-order valence-corrected chi connectivity index (χ2v) is 9.86. The van der Waals surface area contributed by atoms with Crippen LogP contribution in [0.4, 0.5) is 11.5 Å². The highest BCUT2D eigenvalue weighted by Gasteiger charge is 2.43. The zero-order chi connectivity index (χ0) is 25.9. The van der Waals surface area contributed by atoms with Crippen LogP contribution in [0.3, 0.4) is 0 Å². The molecule has 186 valence electrons. The van der Waals surface area contributed by atoms with Crippen LogP contribution in [0.5, 0.6) is 0 Å². The minimum Gasteiger partial charge on any atom is -0.382 e. The molecule has 2 aromatic carbocycles. The molecule has 0 spiro atoms. The van der Waals surface area contributed by atoms with Gasteiger partial charge in [0.1, 0.15) is 17.4 Å². The molecule has 9 heteroatoms. The highest BCUT2D eigenvalue weighted by molar-refractivity contribution is 6.03. The molecule has 5 aromatic rings. The molecule has 0 radical (unpaired) electrons. The van der Waals surface area contributed by atoms with Crippen molar-refractivity contribution >= 4 is 39.7 Å². The Hall–Kier alpha value is -4.66. The van der Waals surface area contributed by atoms with Gasteiger partial charge in [-0.15, -0.1) is 0 Å². The Labute approximate surface area is 213 Å². The molecule has 6 rings (SSSR count). The number of benzene rings is 2. The van der Waals surface area contributed by atoms with Gasteiger partial charge in [-0.25, -0.2) is 9.50 Å². The number of nitrogens with one attached hydrogen (secondary N) is 1. The number of hydrogen-bond acceptors (Lipinski definition) is 5. The van der Waals surface area contributed by atoms with Crippen LogP contribution in [0.25, 0.3) is 38.9 Å². The summed E-state index contributed by atoms with van der Waals surface area (Å²) in [7, 11) is 0. The van der Waals surface area contributed by atoms with Crippen molar-refractivity contribution in [1.82, 2.24) is 24.5 Å². The van der Waals surface area contributed by atoms with Gasteiger partial charge in [0.15, 0.2) is 5.82 Å². The van der Waals surface area contributed by atoms with E-state index in [0.717, 1.165) is 39.1 Å². The normalized spacial score (nSPS) is 15.6. The molecule has 9 nitrogen and oxygen atoms in total. The Morgan fingerprint density at radius 2 is 1.86 bits per heavy atom. The fourth-order valence-electron chi connectivity index (χ4n) is 5.35. The van der Waals surface area contributed by atoms with Crippen LogP contribution in [-0.2, 0) is 9.59 Å². The van der Waals surface area contributed by atoms with E-state index in [0.29, 0.717) is 24.4 Å². The van der Waals surface area contributed by atoms with E-state index in [1.807, 2.05) is 48.5 Å². The van der Waals surface area contributed by atoms with Gasteiger partial charge < -0.3 is 20.5 Å². The monoisotopic (exact) mass is 493 g/mol. The van der Waals surface area contributed by atoms with Gasteiger partial charge in [0.25, 0.3) is 5.91 Å². The Morgan fingerprint density at radius 1 is 1.05 bits per heavy atom. The topological polar surface area (TPSA) is 113 Å². The standard InChI is InChI=1S/C28H27N7O2/c1-17(36)34-12-11-33(27(37)28(34,2)3)20-9-6-8-19(13-20)24-15-21(25-26(29)30-16-31-35(24)25)23-14-18-7-4-5-10-22(18)32-23/h4-10,13-16,32H,11-12H2,1-3H3,(H2,29,30,31). The number of piperazine rings is 1. The first-order valence-electron chi connectivity index (χ1n) is 12.2. The molecule has 1 aliphatic rings. The molecular formula is C28H27N7O2. The molecule has 0 aliphatic carbocycles. The number of aromatic nitrogens is 4. The van der Waals surface area contributed by atoms with Crippen molar-refractivity contribution in [3.63, 3.8) is 0 Å². The van der Waals surface area contributed by atoms with Crippen molar-refractivity contribution in [1.29, 1.82) is 0 Å². The lowest BCUT2D eigenvalue weighted by Crippen LogP contribution is -2.64. The zero-order valence-electron chi connectivity index (χ0n) is 20.9. The van der Waals surface area contributed by atoms with Gasteiger partial charge in [-0.1, -0.05) is 30.3 Å². The van der Waals surface area contributed by atoms with Crippen molar-refractivity contribution in [2.75, 3.05) is 23.7 Å². The maximum absolute atomic E-state index is 13.4.